The Hall–Kier alpha value is -1.16. The molecule has 0 aromatic heterocycles. The lowest BCUT2D eigenvalue weighted by atomic mass is 10.3. The molecule has 70 valence electrons. The van der Waals surface area contributed by atoms with Crippen LogP contribution in [0.15, 0.2) is 12.2 Å². The van der Waals surface area contributed by atoms with E-state index in [1.807, 2.05) is 0 Å². The zero-order valence-corrected chi connectivity index (χ0v) is 7.58. The Kier molecular flexibility index (Phi) is 3.19. The molecule has 0 spiro atoms. The van der Waals surface area contributed by atoms with Crippen LogP contribution in [0.2, 0.25) is 0 Å². The van der Waals surface area contributed by atoms with Gasteiger partial charge in [0, 0.05) is 25.1 Å². The van der Waals surface area contributed by atoms with Crippen LogP contribution in [0.5, 0.6) is 0 Å². The van der Waals surface area contributed by atoms with Gasteiger partial charge < -0.3 is 0 Å². The van der Waals surface area contributed by atoms with Crippen molar-refractivity contribution < 1.29 is 14.4 Å². The van der Waals surface area contributed by atoms with Gasteiger partial charge >= 0.3 is 0 Å². The lowest BCUT2D eigenvalue weighted by molar-refractivity contribution is -0.137. The highest BCUT2D eigenvalue weighted by Gasteiger charge is 2.22. The number of hydrogen-bond acceptors (Lipinski definition) is 3. The molecule has 0 aliphatic carbocycles. The zero-order valence-electron chi connectivity index (χ0n) is 6.83. The number of rotatable bonds is 4. The minimum atomic E-state index is -0.452. The lowest BCUT2D eigenvalue weighted by Crippen LogP contribution is -2.31. The van der Waals surface area contributed by atoms with E-state index in [4.69, 9.17) is 11.6 Å². The van der Waals surface area contributed by atoms with Crippen LogP contribution in [-0.2, 0) is 14.4 Å². The van der Waals surface area contributed by atoms with Gasteiger partial charge in [0.15, 0.2) is 0 Å². The van der Waals surface area contributed by atoms with Crippen LogP contribution in [0, 0.1) is 0 Å². The van der Waals surface area contributed by atoms with E-state index >= 15 is 0 Å². The molecule has 0 N–H and O–H groups in total. The van der Waals surface area contributed by atoms with E-state index in [0.717, 1.165) is 4.90 Å². The Bertz CT molecular complexity index is 267. The van der Waals surface area contributed by atoms with Gasteiger partial charge in [0.2, 0.25) is 5.24 Å². The number of imide groups is 1. The first-order valence-electron chi connectivity index (χ1n) is 3.83. The zero-order chi connectivity index (χ0) is 9.84. The molecule has 5 heteroatoms. The van der Waals surface area contributed by atoms with E-state index in [1.54, 1.807) is 0 Å². The number of carbonyl (C=O) groups is 3. The van der Waals surface area contributed by atoms with Crippen molar-refractivity contribution in [2.24, 2.45) is 0 Å². The molecule has 1 rings (SSSR count). The van der Waals surface area contributed by atoms with Crippen LogP contribution in [0.1, 0.15) is 12.8 Å². The van der Waals surface area contributed by atoms with Crippen LogP contribution in [-0.4, -0.2) is 28.5 Å². The topological polar surface area (TPSA) is 54.5 Å². The van der Waals surface area contributed by atoms with Crippen molar-refractivity contribution in [3.05, 3.63) is 12.2 Å². The average Bonchev–Trinajstić information content (AvgIpc) is 2.34. The summed E-state index contributed by atoms with van der Waals surface area (Å²) in [5.74, 6) is -0.654. The summed E-state index contributed by atoms with van der Waals surface area (Å²) in [6.07, 6.45) is 3.02. The summed E-state index contributed by atoms with van der Waals surface area (Å²) in [4.78, 5) is 33.3. The van der Waals surface area contributed by atoms with Gasteiger partial charge in [-0.3, -0.25) is 19.3 Å². The Morgan fingerprint density at radius 1 is 1.31 bits per heavy atom. The van der Waals surface area contributed by atoms with Crippen molar-refractivity contribution in [3.8, 4) is 0 Å². The molecule has 0 radical (unpaired) electrons. The first-order chi connectivity index (χ1) is 6.11. The minimum absolute atomic E-state index is 0.179. The van der Waals surface area contributed by atoms with Crippen molar-refractivity contribution in [3.63, 3.8) is 0 Å². The number of hydrogen-bond donors (Lipinski definition) is 0. The molecule has 0 atom stereocenters. The highest BCUT2D eigenvalue weighted by Crippen LogP contribution is 2.05. The molecule has 1 aliphatic rings. The van der Waals surface area contributed by atoms with Gasteiger partial charge in [-0.25, -0.2) is 0 Å². The van der Waals surface area contributed by atoms with Crippen LogP contribution >= 0.6 is 11.6 Å². The molecule has 0 unspecified atom stereocenters. The summed E-state index contributed by atoms with van der Waals surface area (Å²) in [6.45, 7) is 0.253. The van der Waals surface area contributed by atoms with Gasteiger partial charge in [-0.05, 0) is 18.0 Å². The SMILES string of the molecule is O=C(Cl)CCCN1C(=O)C=CC1=O. The fourth-order valence-corrected chi connectivity index (χ4v) is 1.16. The van der Waals surface area contributed by atoms with Gasteiger partial charge in [0.05, 0.1) is 0 Å². The summed E-state index contributed by atoms with van der Waals surface area (Å²) in [5, 5.41) is -0.452. The monoisotopic (exact) mass is 201 g/mol. The molecule has 0 fully saturated rings. The van der Waals surface area contributed by atoms with Crippen LogP contribution in [0.3, 0.4) is 0 Å². The summed E-state index contributed by atoms with van der Waals surface area (Å²) in [7, 11) is 0. The Balaban J connectivity index is 2.34. The van der Waals surface area contributed by atoms with Crippen molar-refractivity contribution in [2.45, 2.75) is 12.8 Å². The third-order valence-electron chi connectivity index (χ3n) is 1.66. The van der Waals surface area contributed by atoms with Crippen molar-refractivity contribution >= 4 is 28.7 Å². The van der Waals surface area contributed by atoms with Crippen LogP contribution in [0.4, 0.5) is 0 Å². The maximum Gasteiger partial charge on any atom is 0.253 e. The Labute approximate surface area is 80.1 Å². The van der Waals surface area contributed by atoms with Gasteiger partial charge in [-0.1, -0.05) is 0 Å². The Morgan fingerprint density at radius 2 is 1.85 bits per heavy atom. The molecule has 13 heavy (non-hydrogen) atoms. The number of carbonyl (C=O) groups excluding carboxylic acids is 3. The number of halogens is 1. The highest BCUT2D eigenvalue weighted by atomic mass is 35.5. The molecule has 0 saturated carbocycles. The van der Waals surface area contributed by atoms with Gasteiger partial charge in [-0.15, -0.1) is 0 Å². The maximum atomic E-state index is 11.0. The number of nitrogens with zero attached hydrogens (tertiary/aromatic N) is 1. The van der Waals surface area contributed by atoms with Crippen molar-refractivity contribution in [1.82, 2.24) is 4.90 Å². The van der Waals surface area contributed by atoms with E-state index in [9.17, 15) is 14.4 Å². The van der Waals surface area contributed by atoms with Gasteiger partial charge in [0.25, 0.3) is 11.8 Å². The predicted octanol–water partition coefficient (Wildman–Crippen LogP) is 0.457. The molecule has 0 saturated heterocycles. The average molecular weight is 202 g/mol. The second kappa shape index (κ2) is 4.18. The molecule has 0 aromatic carbocycles. The molecule has 0 aromatic rings. The standard InChI is InChI=1S/C8H8ClNO3/c9-6(11)2-1-5-10-7(12)3-4-8(10)13/h3-4H,1-2,5H2. The highest BCUT2D eigenvalue weighted by molar-refractivity contribution is 6.63. The molecular weight excluding hydrogens is 194 g/mol. The van der Waals surface area contributed by atoms with E-state index in [2.05, 4.69) is 0 Å². The van der Waals surface area contributed by atoms with Crippen molar-refractivity contribution in [2.75, 3.05) is 6.54 Å². The Morgan fingerprint density at radius 3 is 2.31 bits per heavy atom. The molecule has 4 nitrogen and oxygen atoms in total. The first kappa shape index (κ1) is 9.92. The predicted molar refractivity (Wildman–Crippen MR) is 46.0 cm³/mol. The molecule has 1 aliphatic heterocycles. The van der Waals surface area contributed by atoms with Gasteiger partial charge in [-0.2, -0.15) is 0 Å². The summed E-state index contributed by atoms with van der Waals surface area (Å²) in [5.41, 5.74) is 0. The molecule has 2 amide bonds. The van der Waals surface area contributed by atoms with Crippen LogP contribution < -0.4 is 0 Å². The quantitative estimate of drug-likeness (QED) is 0.491. The summed E-state index contributed by atoms with van der Waals surface area (Å²) < 4.78 is 0. The van der Waals surface area contributed by atoms with E-state index < -0.39 is 5.24 Å². The van der Waals surface area contributed by atoms with Gasteiger partial charge in [0.1, 0.15) is 0 Å². The van der Waals surface area contributed by atoms with E-state index in [-0.39, 0.29) is 24.8 Å². The largest absolute Gasteiger partial charge is 0.281 e. The van der Waals surface area contributed by atoms with E-state index in [1.165, 1.54) is 12.2 Å². The maximum absolute atomic E-state index is 11.0. The normalized spacial score (nSPS) is 15.6. The summed E-state index contributed by atoms with van der Waals surface area (Å²) in [6, 6.07) is 0. The smallest absolute Gasteiger partial charge is 0.253 e. The first-order valence-corrected chi connectivity index (χ1v) is 4.21. The molecular formula is C8H8ClNO3. The number of amides is 2. The van der Waals surface area contributed by atoms with E-state index in [0.29, 0.717) is 6.42 Å². The minimum Gasteiger partial charge on any atom is -0.281 e. The lowest BCUT2D eigenvalue weighted by Gasteiger charge is -2.11. The third kappa shape index (κ3) is 2.66. The second-order valence-corrected chi connectivity index (χ2v) is 3.04. The fourth-order valence-electron chi connectivity index (χ4n) is 1.03. The molecule has 1 heterocycles. The third-order valence-corrected chi connectivity index (χ3v) is 1.84. The van der Waals surface area contributed by atoms with Crippen LogP contribution in [0.25, 0.3) is 0 Å². The second-order valence-electron chi connectivity index (χ2n) is 2.62. The van der Waals surface area contributed by atoms with Crippen molar-refractivity contribution in [1.29, 1.82) is 0 Å². The molecule has 0 bridgehead atoms. The summed E-state index contributed by atoms with van der Waals surface area (Å²) >= 11 is 5.09. The fraction of sp³-hybridized carbons (Fsp3) is 0.375.